The number of nitrogens with one attached hydrogen (secondary N) is 2. The van der Waals surface area contributed by atoms with E-state index in [1.54, 1.807) is 7.11 Å². The average molecular weight is 765 g/mol. The van der Waals surface area contributed by atoms with Gasteiger partial charge in [-0.2, -0.15) is 0 Å². The quantitative estimate of drug-likeness (QED) is 0.203. The Morgan fingerprint density at radius 3 is 2.18 bits per heavy atom. The molecule has 2 saturated heterocycles. The van der Waals surface area contributed by atoms with Crippen LogP contribution in [0.15, 0.2) is 65.9 Å². The zero-order valence-electron chi connectivity index (χ0n) is 32.7. The van der Waals surface area contributed by atoms with E-state index < -0.39 is 24.1 Å². The molecule has 0 radical (unpaired) electrons. The molecule has 13 heteroatoms. The molecule has 4 aliphatic rings. The van der Waals surface area contributed by atoms with Crippen molar-refractivity contribution in [2.24, 2.45) is 16.8 Å². The van der Waals surface area contributed by atoms with Crippen molar-refractivity contribution in [1.82, 2.24) is 25.1 Å². The summed E-state index contributed by atoms with van der Waals surface area (Å²) in [6.45, 7) is 3.15. The van der Waals surface area contributed by atoms with Crippen LogP contribution in [0.1, 0.15) is 82.1 Å². The molecular weight excluding hydrogens is 713 g/mol. The normalized spacial score (nSPS) is 23.1. The molecule has 2 N–H and O–H groups in total. The number of carbonyl (C=O) groups is 4. The molecule has 3 aliphatic heterocycles. The number of amides is 3. The van der Waals surface area contributed by atoms with Crippen LogP contribution in [0, 0.1) is 11.8 Å². The number of ether oxygens (including phenoxy) is 3. The summed E-state index contributed by atoms with van der Waals surface area (Å²) in [5.41, 5.74) is 7.28. The van der Waals surface area contributed by atoms with Crippen LogP contribution in [0.4, 0.5) is 4.79 Å². The molecule has 13 nitrogen and oxygen atoms in total. The first-order chi connectivity index (χ1) is 27.2. The van der Waals surface area contributed by atoms with Gasteiger partial charge in [0.05, 0.1) is 56.6 Å². The molecule has 1 aliphatic carbocycles. The number of benzene rings is 2. The van der Waals surface area contributed by atoms with Crippen molar-refractivity contribution in [3.63, 3.8) is 0 Å². The van der Waals surface area contributed by atoms with E-state index in [1.807, 2.05) is 29.1 Å². The van der Waals surface area contributed by atoms with Crippen molar-refractivity contribution < 1.29 is 33.4 Å². The second-order valence-electron chi connectivity index (χ2n) is 15.3. The maximum atomic E-state index is 13.7. The molecule has 296 valence electrons. The van der Waals surface area contributed by atoms with Crippen molar-refractivity contribution in [3.8, 4) is 22.4 Å². The molecule has 0 spiro atoms. The van der Waals surface area contributed by atoms with Crippen LogP contribution < -0.4 is 5.32 Å². The molecule has 56 heavy (non-hydrogen) atoms. The van der Waals surface area contributed by atoms with Gasteiger partial charge >= 0.3 is 12.1 Å². The predicted octanol–water partition coefficient (Wildman–Crippen LogP) is 6.32. The molecule has 3 amide bonds. The highest BCUT2D eigenvalue weighted by atomic mass is 16.5. The molecule has 0 unspecified atom stereocenters. The number of H-pyrrole nitrogens is 1. The highest BCUT2D eigenvalue weighted by Gasteiger charge is 2.41. The summed E-state index contributed by atoms with van der Waals surface area (Å²) >= 11 is 0. The molecule has 3 fully saturated rings. The van der Waals surface area contributed by atoms with Gasteiger partial charge in [-0.3, -0.25) is 19.4 Å². The van der Waals surface area contributed by atoms with Crippen molar-refractivity contribution >= 4 is 35.2 Å². The molecule has 0 bridgehead atoms. The van der Waals surface area contributed by atoms with Gasteiger partial charge in [-0.25, -0.2) is 9.78 Å². The van der Waals surface area contributed by atoms with Gasteiger partial charge in [0.15, 0.2) is 0 Å². The second kappa shape index (κ2) is 17.2. The van der Waals surface area contributed by atoms with E-state index in [0.717, 1.165) is 83.6 Å². The van der Waals surface area contributed by atoms with Crippen molar-refractivity contribution in [2.75, 3.05) is 34.4 Å². The van der Waals surface area contributed by atoms with E-state index in [4.69, 9.17) is 24.2 Å². The Labute approximate surface area is 327 Å². The van der Waals surface area contributed by atoms with Crippen LogP contribution in [0.25, 0.3) is 28.0 Å². The number of aromatic nitrogens is 2. The van der Waals surface area contributed by atoms with E-state index >= 15 is 0 Å². The molecule has 2 aromatic carbocycles. The summed E-state index contributed by atoms with van der Waals surface area (Å²) in [7, 11) is 4.24. The third-order valence-electron chi connectivity index (χ3n) is 12.1. The van der Waals surface area contributed by atoms with Crippen LogP contribution in [-0.4, -0.2) is 102 Å². The Hall–Kier alpha value is -5.30. The van der Waals surface area contributed by atoms with Gasteiger partial charge < -0.3 is 34.3 Å². The number of allylic oxidation sites excluding steroid dienone is 1. The number of methoxy groups -OCH3 is 3. The molecule has 3 aromatic rings. The number of likely N-dealkylation sites (tertiary alicyclic amines) is 2. The summed E-state index contributed by atoms with van der Waals surface area (Å²) in [5, 5.41) is 2.84. The molecule has 6 atom stereocenters. The van der Waals surface area contributed by atoms with Crippen molar-refractivity contribution in [3.05, 3.63) is 72.3 Å². The van der Waals surface area contributed by atoms with E-state index in [0.29, 0.717) is 25.9 Å². The number of alkyl carbamates (subject to hydrolysis) is 1. The first-order valence-corrected chi connectivity index (χ1v) is 19.7. The van der Waals surface area contributed by atoms with Crippen LogP contribution in [0.3, 0.4) is 0 Å². The molecule has 1 aromatic heterocycles. The van der Waals surface area contributed by atoms with Crippen LogP contribution in [0.5, 0.6) is 0 Å². The van der Waals surface area contributed by atoms with E-state index in [9.17, 15) is 19.2 Å². The number of esters is 1. The highest BCUT2D eigenvalue weighted by molar-refractivity contribution is 6.03. The Bertz CT molecular complexity index is 1970. The van der Waals surface area contributed by atoms with Gasteiger partial charge in [-0.1, -0.05) is 48.5 Å². The minimum atomic E-state index is -0.614. The lowest BCUT2D eigenvalue weighted by Gasteiger charge is -2.31. The Kier molecular flexibility index (Phi) is 12.0. The molecular formula is C43H52N6O7. The standard InChI is InChI=1S/C43H52N6O7/c1-26(54-2)34(23-39(50)55-3)42(52)48-19-5-7-37(48)35-22-32(24-44-35)29-11-9-27(10-12-29)28-13-15-30(16-14-28)36-25-45-40(47-36)38-8-6-20-49(38)41(51)31-17-18-33(21-31)46-43(53)56-4/h9-16,24-26,31,33-34,37-38H,5-8,17-23H2,1-4H3,(H,45,47)(H,46,53)/t26-,31+,33-,34+,37+,38+/m1/s1. The van der Waals surface area contributed by atoms with Crippen molar-refractivity contribution in [1.29, 1.82) is 0 Å². The number of hydrogen-bond donors (Lipinski definition) is 2. The van der Waals surface area contributed by atoms with Gasteiger partial charge in [0.1, 0.15) is 5.82 Å². The predicted molar refractivity (Wildman–Crippen MR) is 211 cm³/mol. The minimum Gasteiger partial charge on any atom is -0.469 e. The van der Waals surface area contributed by atoms with Crippen molar-refractivity contribution in [2.45, 2.75) is 88.9 Å². The SMILES string of the molecule is COC(=O)C[C@H](C(=O)N1CCC[C@H]1C1=NC=C(c2ccc(-c3ccc(-c4cnc([C@@H]5CCCN5C(=O)[C@H]5CC[C@@H](NC(=O)OC)C5)[nH]4)cc3)cc2)C1)[C@@H](C)OC. The zero-order chi connectivity index (χ0) is 39.3. The first-order valence-electron chi connectivity index (χ1n) is 19.7. The first kappa shape index (κ1) is 39.0. The second-order valence-corrected chi connectivity index (χ2v) is 15.3. The lowest BCUT2D eigenvalue weighted by molar-refractivity contribution is -0.150. The van der Waals surface area contributed by atoms with Gasteiger partial charge in [-0.05, 0) is 79.7 Å². The fourth-order valence-corrected chi connectivity index (χ4v) is 8.78. The topological polar surface area (TPSA) is 156 Å². The molecule has 7 rings (SSSR count). The van der Waals surface area contributed by atoms with Gasteiger partial charge in [0.25, 0.3) is 0 Å². The number of imidazole rings is 1. The minimum absolute atomic E-state index is 0.0201. The van der Waals surface area contributed by atoms with Crippen LogP contribution >= 0.6 is 0 Å². The van der Waals surface area contributed by atoms with E-state index in [-0.39, 0.29) is 42.3 Å². The number of aliphatic imine (C=N–C) groups is 1. The monoisotopic (exact) mass is 764 g/mol. The average Bonchev–Trinajstić information content (AvgIpc) is 4.08. The third-order valence-corrected chi connectivity index (χ3v) is 12.1. The van der Waals surface area contributed by atoms with Gasteiger partial charge in [0, 0.05) is 50.5 Å². The fourth-order valence-electron chi connectivity index (χ4n) is 8.78. The zero-order valence-corrected chi connectivity index (χ0v) is 32.7. The summed E-state index contributed by atoms with van der Waals surface area (Å²) < 4.78 is 15.1. The van der Waals surface area contributed by atoms with Crippen LogP contribution in [-0.2, 0) is 28.6 Å². The Morgan fingerprint density at radius 1 is 0.839 bits per heavy atom. The smallest absolute Gasteiger partial charge is 0.407 e. The summed E-state index contributed by atoms with van der Waals surface area (Å²) in [5.74, 6) is -0.302. The number of nitrogens with zero attached hydrogens (tertiary/aromatic N) is 4. The number of hydrogen-bond acceptors (Lipinski definition) is 9. The highest BCUT2D eigenvalue weighted by Crippen LogP contribution is 2.37. The van der Waals surface area contributed by atoms with E-state index in [2.05, 4.69) is 58.8 Å². The summed E-state index contributed by atoms with van der Waals surface area (Å²) in [4.78, 5) is 67.9. The Balaban J connectivity index is 0.948. The maximum absolute atomic E-state index is 13.7. The maximum Gasteiger partial charge on any atom is 0.407 e. The lowest BCUT2D eigenvalue weighted by atomic mass is 9.94. The summed E-state index contributed by atoms with van der Waals surface area (Å²) in [6, 6.07) is 16.6. The molecule has 1 saturated carbocycles. The largest absolute Gasteiger partial charge is 0.469 e. The molecule has 4 heterocycles. The van der Waals surface area contributed by atoms with Gasteiger partial charge in [-0.15, -0.1) is 0 Å². The number of aromatic amines is 1. The third kappa shape index (κ3) is 8.28. The number of rotatable bonds is 12. The lowest BCUT2D eigenvalue weighted by Crippen LogP contribution is -2.46. The summed E-state index contributed by atoms with van der Waals surface area (Å²) in [6.07, 6.45) is 9.19. The number of carbonyl (C=O) groups excluding carboxylic acids is 4. The van der Waals surface area contributed by atoms with E-state index in [1.165, 1.54) is 14.2 Å². The van der Waals surface area contributed by atoms with Gasteiger partial charge in [0.2, 0.25) is 11.8 Å². The Morgan fingerprint density at radius 2 is 1.50 bits per heavy atom. The fraction of sp³-hybridized carbons (Fsp3) is 0.488. The van der Waals surface area contributed by atoms with Crippen LogP contribution in [0.2, 0.25) is 0 Å².